The molecule has 1 saturated heterocycles. The summed E-state index contributed by atoms with van der Waals surface area (Å²) in [5.74, 6) is 0.564. The second kappa shape index (κ2) is 6.72. The summed E-state index contributed by atoms with van der Waals surface area (Å²) in [5.41, 5.74) is 0.859. The number of piperazine rings is 1. The first kappa shape index (κ1) is 16.6. The third kappa shape index (κ3) is 2.93. The Morgan fingerprint density at radius 2 is 1.88 bits per heavy atom. The van der Waals surface area contributed by atoms with Gasteiger partial charge in [0.25, 0.3) is 5.91 Å². The van der Waals surface area contributed by atoms with E-state index in [2.05, 4.69) is 9.97 Å². The zero-order valence-electron chi connectivity index (χ0n) is 14.0. The minimum atomic E-state index is -0.0128. The average Bonchev–Trinajstić information content (AvgIpc) is 2.92. The third-order valence-electron chi connectivity index (χ3n) is 4.18. The Labute approximate surface area is 144 Å². The van der Waals surface area contributed by atoms with Crippen LogP contribution in [-0.2, 0) is 4.79 Å². The molecular formula is C16H20N4O3S. The van der Waals surface area contributed by atoms with Crippen molar-refractivity contribution in [3.05, 3.63) is 16.8 Å². The number of thiophene rings is 1. The summed E-state index contributed by atoms with van der Waals surface area (Å²) in [6, 6.07) is 0. The van der Waals surface area contributed by atoms with Gasteiger partial charge in [0.2, 0.25) is 11.8 Å². The van der Waals surface area contributed by atoms with Crippen molar-refractivity contribution in [1.29, 1.82) is 0 Å². The molecule has 7 nitrogen and oxygen atoms in total. The molecule has 1 aliphatic heterocycles. The van der Waals surface area contributed by atoms with Gasteiger partial charge in [0.1, 0.15) is 11.2 Å². The molecule has 0 aliphatic carbocycles. The molecule has 3 rings (SSSR count). The standard InChI is InChI=1S/C16H20N4O3S/c1-4-23-14-12-10(2)13(24-15(12)18-9-17-14)16(22)20-7-5-19(6-8-20)11(3)21/h9H,4-8H2,1-3H3. The van der Waals surface area contributed by atoms with Crippen molar-refractivity contribution in [2.24, 2.45) is 0 Å². The fourth-order valence-electron chi connectivity index (χ4n) is 2.86. The molecule has 0 radical (unpaired) electrons. The van der Waals surface area contributed by atoms with Crippen LogP contribution in [0, 0.1) is 6.92 Å². The van der Waals surface area contributed by atoms with Crippen LogP contribution >= 0.6 is 11.3 Å². The number of amides is 2. The van der Waals surface area contributed by atoms with Gasteiger partial charge in [0.05, 0.1) is 16.9 Å². The number of ether oxygens (including phenoxy) is 1. The zero-order valence-corrected chi connectivity index (χ0v) is 14.9. The van der Waals surface area contributed by atoms with Gasteiger partial charge in [0, 0.05) is 33.1 Å². The fourth-order valence-corrected chi connectivity index (χ4v) is 3.96. The van der Waals surface area contributed by atoms with Crippen LogP contribution in [0.1, 0.15) is 29.1 Å². The number of hydrogen-bond acceptors (Lipinski definition) is 6. The third-order valence-corrected chi connectivity index (χ3v) is 5.37. The number of aromatic nitrogens is 2. The van der Waals surface area contributed by atoms with Crippen LogP contribution in [0.5, 0.6) is 5.88 Å². The van der Waals surface area contributed by atoms with E-state index in [0.29, 0.717) is 43.5 Å². The number of rotatable bonds is 3. The second-order valence-corrected chi connectivity index (χ2v) is 6.65. The molecule has 0 bridgehead atoms. The van der Waals surface area contributed by atoms with E-state index in [1.54, 1.807) is 16.7 Å². The zero-order chi connectivity index (χ0) is 17.3. The SMILES string of the molecule is CCOc1ncnc2sc(C(=O)N3CCN(C(C)=O)CC3)c(C)c12. The summed E-state index contributed by atoms with van der Waals surface area (Å²) in [7, 11) is 0. The quantitative estimate of drug-likeness (QED) is 0.844. The predicted octanol–water partition coefficient (Wildman–Crippen LogP) is 1.70. The average molecular weight is 348 g/mol. The van der Waals surface area contributed by atoms with Gasteiger partial charge in [-0.1, -0.05) is 0 Å². The lowest BCUT2D eigenvalue weighted by Crippen LogP contribution is -2.50. The molecule has 0 saturated carbocycles. The van der Waals surface area contributed by atoms with E-state index in [1.165, 1.54) is 17.7 Å². The van der Waals surface area contributed by atoms with E-state index >= 15 is 0 Å². The summed E-state index contributed by atoms with van der Waals surface area (Å²) in [4.78, 5) is 37.7. The van der Waals surface area contributed by atoms with E-state index in [-0.39, 0.29) is 11.8 Å². The first-order valence-corrected chi connectivity index (χ1v) is 8.76. The van der Waals surface area contributed by atoms with Crippen molar-refractivity contribution in [2.45, 2.75) is 20.8 Å². The van der Waals surface area contributed by atoms with Crippen LogP contribution in [0.15, 0.2) is 6.33 Å². The Kier molecular flexibility index (Phi) is 4.66. The van der Waals surface area contributed by atoms with Gasteiger partial charge in [-0.15, -0.1) is 11.3 Å². The molecule has 2 aromatic heterocycles. The molecule has 128 valence electrons. The van der Waals surface area contributed by atoms with Gasteiger partial charge in [-0.05, 0) is 19.4 Å². The maximum absolute atomic E-state index is 12.9. The minimum Gasteiger partial charge on any atom is -0.477 e. The summed E-state index contributed by atoms with van der Waals surface area (Å²) < 4.78 is 5.57. The molecule has 0 unspecified atom stereocenters. The molecule has 3 heterocycles. The van der Waals surface area contributed by atoms with Crippen LogP contribution in [0.25, 0.3) is 10.2 Å². The molecule has 2 amide bonds. The Bertz CT molecular complexity index is 781. The largest absolute Gasteiger partial charge is 0.477 e. The molecule has 24 heavy (non-hydrogen) atoms. The number of carbonyl (C=O) groups excluding carboxylic acids is 2. The van der Waals surface area contributed by atoms with Crippen molar-refractivity contribution < 1.29 is 14.3 Å². The predicted molar refractivity (Wildman–Crippen MR) is 91.5 cm³/mol. The molecule has 0 atom stereocenters. The normalized spacial score (nSPS) is 15.0. The summed E-state index contributed by atoms with van der Waals surface area (Å²) in [5, 5.41) is 0.815. The number of fused-ring (bicyclic) bond motifs is 1. The van der Waals surface area contributed by atoms with Gasteiger partial charge in [-0.2, -0.15) is 0 Å². The Morgan fingerprint density at radius 1 is 1.21 bits per heavy atom. The molecule has 1 aliphatic rings. The molecule has 0 spiro atoms. The van der Waals surface area contributed by atoms with Gasteiger partial charge >= 0.3 is 0 Å². The van der Waals surface area contributed by atoms with Crippen molar-refractivity contribution >= 4 is 33.4 Å². The molecule has 0 aromatic carbocycles. The van der Waals surface area contributed by atoms with Crippen molar-refractivity contribution in [1.82, 2.24) is 19.8 Å². The van der Waals surface area contributed by atoms with E-state index in [1.807, 2.05) is 13.8 Å². The first-order valence-electron chi connectivity index (χ1n) is 7.94. The number of carbonyl (C=O) groups is 2. The fraction of sp³-hybridized carbons (Fsp3) is 0.500. The van der Waals surface area contributed by atoms with Crippen LogP contribution in [0.4, 0.5) is 0 Å². The topological polar surface area (TPSA) is 75.6 Å². The highest BCUT2D eigenvalue weighted by Gasteiger charge is 2.27. The lowest BCUT2D eigenvalue weighted by Gasteiger charge is -2.34. The minimum absolute atomic E-state index is 0.0128. The Hall–Kier alpha value is -2.22. The van der Waals surface area contributed by atoms with Crippen molar-refractivity contribution in [2.75, 3.05) is 32.8 Å². The Morgan fingerprint density at radius 3 is 2.50 bits per heavy atom. The van der Waals surface area contributed by atoms with Crippen LogP contribution in [0.2, 0.25) is 0 Å². The highest BCUT2D eigenvalue weighted by molar-refractivity contribution is 7.20. The van der Waals surface area contributed by atoms with E-state index in [9.17, 15) is 9.59 Å². The molecule has 0 N–H and O–H groups in total. The monoisotopic (exact) mass is 348 g/mol. The number of nitrogens with zero attached hydrogens (tertiary/aromatic N) is 4. The molecule has 2 aromatic rings. The van der Waals surface area contributed by atoms with Crippen molar-refractivity contribution in [3.63, 3.8) is 0 Å². The van der Waals surface area contributed by atoms with Crippen LogP contribution in [0.3, 0.4) is 0 Å². The Balaban J connectivity index is 1.87. The summed E-state index contributed by atoms with van der Waals surface area (Å²) in [6.07, 6.45) is 1.46. The second-order valence-electron chi connectivity index (χ2n) is 5.65. The van der Waals surface area contributed by atoms with Crippen molar-refractivity contribution in [3.8, 4) is 5.88 Å². The first-order chi connectivity index (χ1) is 11.5. The van der Waals surface area contributed by atoms with E-state index < -0.39 is 0 Å². The maximum Gasteiger partial charge on any atom is 0.264 e. The van der Waals surface area contributed by atoms with Crippen LogP contribution in [-0.4, -0.2) is 64.4 Å². The van der Waals surface area contributed by atoms with Crippen LogP contribution < -0.4 is 4.74 Å². The smallest absolute Gasteiger partial charge is 0.264 e. The lowest BCUT2D eigenvalue weighted by molar-refractivity contribution is -0.130. The summed E-state index contributed by atoms with van der Waals surface area (Å²) in [6.45, 7) is 8.13. The van der Waals surface area contributed by atoms with Gasteiger partial charge < -0.3 is 14.5 Å². The highest BCUT2D eigenvalue weighted by atomic mass is 32.1. The highest BCUT2D eigenvalue weighted by Crippen LogP contribution is 2.35. The van der Waals surface area contributed by atoms with E-state index in [0.717, 1.165) is 15.8 Å². The van der Waals surface area contributed by atoms with Gasteiger partial charge in [0.15, 0.2) is 0 Å². The summed E-state index contributed by atoms with van der Waals surface area (Å²) >= 11 is 1.37. The molecule has 8 heteroatoms. The van der Waals surface area contributed by atoms with Gasteiger partial charge in [-0.3, -0.25) is 9.59 Å². The maximum atomic E-state index is 12.9. The van der Waals surface area contributed by atoms with Gasteiger partial charge in [-0.25, -0.2) is 9.97 Å². The molecule has 1 fully saturated rings. The number of hydrogen-bond donors (Lipinski definition) is 0. The molecular weight excluding hydrogens is 328 g/mol. The number of aryl methyl sites for hydroxylation is 1. The lowest BCUT2D eigenvalue weighted by atomic mass is 10.2. The van der Waals surface area contributed by atoms with E-state index in [4.69, 9.17) is 4.74 Å².